The van der Waals surface area contributed by atoms with E-state index in [1.165, 1.54) is 4.90 Å². The number of nitrogens with zero attached hydrogens (tertiary/aromatic N) is 1. The minimum Gasteiger partial charge on any atom is -0.444 e. The molecule has 1 heterocycles. The molecule has 18 heavy (non-hydrogen) atoms. The molecular weight excluding hydrogens is 240 g/mol. The summed E-state index contributed by atoms with van der Waals surface area (Å²) >= 11 is 0. The smallest absolute Gasteiger partial charge is 0.411 e. The van der Waals surface area contributed by atoms with Gasteiger partial charge in [-0.1, -0.05) is 0 Å². The number of morpholine rings is 1. The molecular formula is C11H20N2O5. The highest BCUT2D eigenvalue weighted by Crippen LogP contribution is 2.06. The number of carbonyl (C=O) groups is 2. The lowest BCUT2D eigenvalue weighted by Gasteiger charge is -2.26. The van der Waals surface area contributed by atoms with Crippen molar-refractivity contribution in [3.05, 3.63) is 0 Å². The van der Waals surface area contributed by atoms with Gasteiger partial charge in [0.1, 0.15) is 5.60 Å². The van der Waals surface area contributed by atoms with Gasteiger partial charge < -0.3 is 19.1 Å². The van der Waals surface area contributed by atoms with Crippen molar-refractivity contribution in [1.82, 2.24) is 10.2 Å². The fourth-order valence-corrected chi connectivity index (χ4v) is 1.31. The summed E-state index contributed by atoms with van der Waals surface area (Å²) in [4.78, 5) is 24.3. The standard InChI is InChI=1S/C11H20N2O5/c1-11(2,3)18-9(14)12-8-17-10(15)13-4-6-16-7-5-13/h4-8H2,1-3H3,(H,12,14). The van der Waals surface area contributed by atoms with Crippen LogP contribution in [0.25, 0.3) is 0 Å². The van der Waals surface area contributed by atoms with E-state index in [4.69, 9.17) is 14.2 Å². The minimum absolute atomic E-state index is 0.203. The largest absolute Gasteiger partial charge is 0.444 e. The Labute approximate surface area is 106 Å². The Morgan fingerprint density at radius 3 is 2.44 bits per heavy atom. The molecule has 1 fully saturated rings. The number of hydrogen-bond donors (Lipinski definition) is 1. The molecule has 0 unspecified atom stereocenters. The first-order chi connectivity index (χ1) is 8.38. The van der Waals surface area contributed by atoms with Crippen LogP contribution in [-0.4, -0.2) is 55.7 Å². The second-order valence-corrected chi connectivity index (χ2v) is 4.83. The molecule has 0 aromatic rings. The Balaban J connectivity index is 2.17. The molecule has 2 amide bonds. The predicted molar refractivity (Wildman–Crippen MR) is 63.1 cm³/mol. The van der Waals surface area contributed by atoms with Gasteiger partial charge in [-0.25, -0.2) is 9.59 Å². The van der Waals surface area contributed by atoms with Gasteiger partial charge in [0.25, 0.3) is 0 Å². The van der Waals surface area contributed by atoms with Crippen molar-refractivity contribution in [2.75, 3.05) is 33.0 Å². The van der Waals surface area contributed by atoms with E-state index >= 15 is 0 Å². The molecule has 7 heteroatoms. The van der Waals surface area contributed by atoms with Crippen LogP contribution in [0.1, 0.15) is 20.8 Å². The molecule has 0 spiro atoms. The first-order valence-electron chi connectivity index (χ1n) is 5.85. The fourth-order valence-electron chi connectivity index (χ4n) is 1.31. The van der Waals surface area contributed by atoms with Gasteiger partial charge in [-0.15, -0.1) is 0 Å². The zero-order valence-corrected chi connectivity index (χ0v) is 11.0. The van der Waals surface area contributed by atoms with Crippen LogP contribution in [0.4, 0.5) is 9.59 Å². The molecule has 0 saturated carbocycles. The summed E-state index contributed by atoms with van der Waals surface area (Å²) < 4.78 is 15.0. The van der Waals surface area contributed by atoms with Gasteiger partial charge in [0.15, 0.2) is 6.73 Å². The molecule has 104 valence electrons. The van der Waals surface area contributed by atoms with Gasteiger partial charge in [0.05, 0.1) is 13.2 Å². The maximum Gasteiger partial charge on any atom is 0.411 e. The summed E-state index contributed by atoms with van der Waals surface area (Å²) in [6.45, 7) is 7.09. The Bertz CT molecular complexity index is 294. The molecule has 0 atom stereocenters. The highest BCUT2D eigenvalue weighted by Gasteiger charge is 2.19. The Morgan fingerprint density at radius 2 is 1.89 bits per heavy atom. The molecule has 0 radical (unpaired) electrons. The summed E-state index contributed by atoms with van der Waals surface area (Å²) in [6, 6.07) is 0. The SMILES string of the molecule is CC(C)(C)OC(=O)NCOC(=O)N1CCOCC1. The Morgan fingerprint density at radius 1 is 1.28 bits per heavy atom. The number of carbonyl (C=O) groups excluding carboxylic acids is 2. The fraction of sp³-hybridized carbons (Fsp3) is 0.818. The van der Waals surface area contributed by atoms with Crippen molar-refractivity contribution in [2.24, 2.45) is 0 Å². The summed E-state index contributed by atoms with van der Waals surface area (Å²) in [5.74, 6) is 0. The zero-order valence-electron chi connectivity index (χ0n) is 11.0. The van der Waals surface area contributed by atoms with Crippen molar-refractivity contribution in [1.29, 1.82) is 0 Å². The Kier molecular flexibility index (Phi) is 5.21. The van der Waals surface area contributed by atoms with Crippen LogP contribution in [-0.2, 0) is 14.2 Å². The van der Waals surface area contributed by atoms with E-state index in [9.17, 15) is 9.59 Å². The van der Waals surface area contributed by atoms with E-state index in [0.29, 0.717) is 26.3 Å². The van der Waals surface area contributed by atoms with Crippen LogP contribution in [0.3, 0.4) is 0 Å². The van der Waals surface area contributed by atoms with E-state index in [0.717, 1.165) is 0 Å². The topological polar surface area (TPSA) is 77.1 Å². The Hall–Kier alpha value is -1.50. The van der Waals surface area contributed by atoms with Crippen molar-refractivity contribution in [3.8, 4) is 0 Å². The van der Waals surface area contributed by atoms with Crippen molar-refractivity contribution >= 4 is 12.2 Å². The highest BCUT2D eigenvalue weighted by molar-refractivity contribution is 5.69. The van der Waals surface area contributed by atoms with Gasteiger partial charge in [-0.05, 0) is 20.8 Å². The van der Waals surface area contributed by atoms with Gasteiger partial charge in [0, 0.05) is 13.1 Å². The van der Waals surface area contributed by atoms with E-state index in [-0.39, 0.29) is 6.73 Å². The zero-order chi connectivity index (χ0) is 13.6. The summed E-state index contributed by atoms with van der Waals surface area (Å²) in [7, 11) is 0. The lowest BCUT2D eigenvalue weighted by atomic mass is 10.2. The van der Waals surface area contributed by atoms with E-state index in [1.807, 2.05) is 0 Å². The lowest BCUT2D eigenvalue weighted by molar-refractivity contribution is 0.0202. The number of nitrogens with one attached hydrogen (secondary N) is 1. The van der Waals surface area contributed by atoms with Crippen molar-refractivity contribution < 1.29 is 23.8 Å². The second kappa shape index (κ2) is 6.44. The van der Waals surface area contributed by atoms with E-state index < -0.39 is 17.8 Å². The lowest BCUT2D eigenvalue weighted by Crippen LogP contribution is -2.42. The quantitative estimate of drug-likeness (QED) is 0.748. The maximum absolute atomic E-state index is 11.5. The molecule has 1 rings (SSSR count). The molecule has 1 aliphatic rings. The number of rotatable bonds is 2. The third-order valence-corrected chi connectivity index (χ3v) is 2.08. The first kappa shape index (κ1) is 14.6. The predicted octanol–water partition coefficient (Wildman–Crippen LogP) is 0.937. The molecule has 1 N–H and O–H groups in total. The van der Waals surface area contributed by atoms with Crippen molar-refractivity contribution in [2.45, 2.75) is 26.4 Å². The molecule has 0 aliphatic carbocycles. The second-order valence-electron chi connectivity index (χ2n) is 4.83. The third-order valence-electron chi connectivity index (χ3n) is 2.08. The molecule has 1 aliphatic heterocycles. The summed E-state index contributed by atoms with van der Waals surface area (Å²) in [5, 5.41) is 2.35. The molecule has 1 saturated heterocycles. The first-order valence-corrected chi connectivity index (χ1v) is 5.85. The molecule has 0 aromatic heterocycles. The summed E-state index contributed by atoms with van der Waals surface area (Å²) in [5.41, 5.74) is -0.571. The van der Waals surface area contributed by atoms with Crippen LogP contribution < -0.4 is 5.32 Å². The third kappa shape index (κ3) is 5.72. The monoisotopic (exact) mass is 260 g/mol. The average molecular weight is 260 g/mol. The number of hydrogen-bond acceptors (Lipinski definition) is 5. The molecule has 0 aromatic carbocycles. The number of ether oxygens (including phenoxy) is 3. The van der Waals surface area contributed by atoms with Gasteiger partial charge in [-0.2, -0.15) is 0 Å². The van der Waals surface area contributed by atoms with Crippen LogP contribution in [0.15, 0.2) is 0 Å². The van der Waals surface area contributed by atoms with Crippen LogP contribution >= 0.6 is 0 Å². The average Bonchev–Trinajstić information content (AvgIpc) is 2.27. The number of amides is 2. The van der Waals surface area contributed by atoms with Gasteiger partial charge in [-0.3, -0.25) is 5.32 Å². The van der Waals surface area contributed by atoms with Crippen LogP contribution in [0.2, 0.25) is 0 Å². The summed E-state index contributed by atoms with van der Waals surface area (Å²) in [6.07, 6.45) is -1.08. The van der Waals surface area contributed by atoms with Crippen LogP contribution in [0, 0.1) is 0 Å². The van der Waals surface area contributed by atoms with Gasteiger partial charge in [0.2, 0.25) is 0 Å². The highest BCUT2D eigenvalue weighted by atomic mass is 16.6. The minimum atomic E-state index is -0.614. The van der Waals surface area contributed by atoms with E-state index in [1.54, 1.807) is 20.8 Å². The van der Waals surface area contributed by atoms with Crippen LogP contribution in [0.5, 0.6) is 0 Å². The normalized spacial score (nSPS) is 16.1. The van der Waals surface area contributed by atoms with Gasteiger partial charge >= 0.3 is 12.2 Å². The maximum atomic E-state index is 11.5. The molecule has 0 bridgehead atoms. The molecule has 7 nitrogen and oxygen atoms in total. The van der Waals surface area contributed by atoms with Crippen molar-refractivity contribution in [3.63, 3.8) is 0 Å². The number of alkyl carbamates (subject to hydrolysis) is 1. The van der Waals surface area contributed by atoms with E-state index in [2.05, 4.69) is 5.32 Å².